The lowest BCUT2D eigenvalue weighted by Crippen LogP contribution is -2.31. The lowest BCUT2D eigenvalue weighted by Gasteiger charge is -2.17. The fraction of sp³-hybridized carbons (Fsp3) is 0.429. The molecule has 0 aliphatic heterocycles. The number of nitrogens with zero attached hydrogens (tertiary/aromatic N) is 3. The normalized spacial score (nSPS) is 11.3. The first-order chi connectivity index (χ1) is 8.45. The summed E-state index contributed by atoms with van der Waals surface area (Å²) in [5.74, 6) is -0.0449. The van der Waals surface area contributed by atoms with Crippen molar-refractivity contribution in [1.29, 1.82) is 0 Å². The van der Waals surface area contributed by atoms with Crippen molar-refractivity contribution in [2.45, 2.75) is 20.3 Å². The summed E-state index contributed by atoms with van der Waals surface area (Å²) in [5, 5.41) is 6.11. The Morgan fingerprint density at radius 2 is 1.72 bits per heavy atom. The van der Waals surface area contributed by atoms with E-state index in [-0.39, 0.29) is 5.91 Å². The minimum Gasteiger partial charge on any atom is -0.344 e. The number of rotatable bonds is 4. The predicted molar refractivity (Wildman–Crippen MR) is 76.0 cm³/mol. The van der Waals surface area contributed by atoms with Gasteiger partial charge in [0, 0.05) is 21.1 Å². The zero-order valence-corrected chi connectivity index (χ0v) is 11.8. The number of aryl methyl sites for hydroxylation is 1. The minimum absolute atomic E-state index is 0.0449. The third-order valence-electron chi connectivity index (χ3n) is 2.67. The van der Waals surface area contributed by atoms with Gasteiger partial charge in [-0.05, 0) is 25.5 Å². The molecule has 0 bridgehead atoms. The van der Waals surface area contributed by atoms with E-state index in [0.29, 0.717) is 12.1 Å². The van der Waals surface area contributed by atoms with Crippen LogP contribution in [-0.4, -0.2) is 37.7 Å². The number of amides is 1. The van der Waals surface area contributed by atoms with Gasteiger partial charge in [-0.25, -0.2) is 0 Å². The summed E-state index contributed by atoms with van der Waals surface area (Å²) in [7, 11) is 5.32. The Kier molecular flexibility index (Phi) is 4.89. The SMILES string of the molecule is CCC(=NN(C)c1ccc(C)cc1)C(=O)N(C)C. The zero-order chi connectivity index (χ0) is 13.7. The largest absolute Gasteiger partial charge is 0.344 e. The van der Waals surface area contributed by atoms with Gasteiger partial charge in [-0.15, -0.1) is 0 Å². The van der Waals surface area contributed by atoms with E-state index >= 15 is 0 Å². The summed E-state index contributed by atoms with van der Waals surface area (Å²) in [6, 6.07) is 8.04. The fourth-order valence-corrected chi connectivity index (χ4v) is 1.52. The van der Waals surface area contributed by atoms with Crippen molar-refractivity contribution in [3.63, 3.8) is 0 Å². The molecule has 4 heteroatoms. The van der Waals surface area contributed by atoms with Crippen molar-refractivity contribution < 1.29 is 4.79 Å². The highest BCUT2D eigenvalue weighted by Gasteiger charge is 2.12. The van der Waals surface area contributed by atoms with Crippen molar-refractivity contribution in [2.75, 3.05) is 26.2 Å². The van der Waals surface area contributed by atoms with Crippen LogP contribution in [0.4, 0.5) is 5.69 Å². The van der Waals surface area contributed by atoms with Crippen molar-refractivity contribution in [3.8, 4) is 0 Å². The van der Waals surface area contributed by atoms with E-state index < -0.39 is 0 Å². The summed E-state index contributed by atoms with van der Waals surface area (Å²) in [6.07, 6.45) is 0.618. The Balaban J connectivity index is 2.92. The molecule has 1 aromatic carbocycles. The Bertz CT molecular complexity index is 435. The zero-order valence-electron chi connectivity index (χ0n) is 11.8. The molecule has 1 rings (SSSR count). The van der Waals surface area contributed by atoms with Gasteiger partial charge in [0.2, 0.25) is 0 Å². The number of carbonyl (C=O) groups excluding carboxylic acids is 1. The molecule has 18 heavy (non-hydrogen) atoms. The lowest BCUT2D eigenvalue weighted by molar-refractivity contribution is -0.121. The van der Waals surface area contributed by atoms with Crippen LogP contribution in [0.15, 0.2) is 29.4 Å². The Morgan fingerprint density at radius 3 is 2.17 bits per heavy atom. The maximum Gasteiger partial charge on any atom is 0.269 e. The van der Waals surface area contributed by atoms with Crippen LogP contribution in [-0.2, 0) is 4.79 Å². The molecule has 0 saturated carbocycles. The monoisotopic (exact) mass is 247 g/mol. The number of hydrazone groups is 1. The highest BCUT2D eigenvalue weighted by atomic mass is 16.2. The quantitative estimate of drug-likeness (QED) is 0.604. The molecule has 0 atom stereocenters. The smallest absolute Gasteiger partial charge is 0.269 e. The summed E-state index contributed by atoms with van der Waals surface area (Å²) < 4.78 is 0. The standard InChI is InChI=1S/C14H21N3O/c1-6-13(14(18)16(3)4)15-17(5)12-9-7-11(2)8-10-12/h7-10H,6H2,1-5H3. The minimum atomic E-state index is -0.0449. The van der Waals surface area contributed by atoms with Crippen LogP contribution in [0.5, 0.6) is 0 Å². The van der Waals surface area contributed by atoms with E-state index in [2.05, 4.69) is 5.10 Å². The molecule has 98 valence electrons. The van der Waals surface area contributed by atoms with Crippen LogP contribution in [0.2, 0.25) is 0 Å². The van der Waals surface area contributed by atoms with Crippen molar-refractivity contribution >= 4 is 17.3 Å². The van der Waals surface area contributed by atoms with Gasteiger partial charge in [0.25, 0.3) is 5.91 Å². The molecular formula is C14H21N3O. The molecular weight excluding hydrogens is 226 g/mol. The second kappa shape index (κ2) is 6.19. The average molecular weight is 247 g/mol. The van der Waals surface area contributed by atoms with Crippen LogP contribution >= 0.6 is 0 Å². The number of anilines is 1. The van der Waals surface area contributed by atoms with Crippen LogP contribution in [0.25, 0.3) is 0 Å². The van der Waals surface area contributed by atoms with E-state index in [9.17, 15) is 4.79 Å². The molecule has 0 radical (unpaired) electrons. The second-order valence-electron chi connectivity index (χ2n) is 4.46. The fourth-order valence-electron chi connectivity index (χ4n) is 1.52. The van der Waals surface area contributed by atoms with E-state index in [1.165, 1.54) is 5.56 Å². The van der Waals surface area contributed by atoms with Gasteiger partial charge < -0.3 is 4.90 Å². The Hall–Kier alpha value is -1.84. The summed E-state index contributed by atoms with van der Waals surface area (Å²) >= 11 is 0. The maximum absolute atomic E-state index is 11.9. The summed E-state index contributed by atoms with van der Waals surface area (Å²) in [6.45, 7) is 3.98. The van der Waals surface area contributed by atoms with Crippen LogP contribution in [0.1, 0.15) is 18.9 Å². The summed E-state index contributed by atoms with van der Waals surface area (Å²) in [5.41, 5.74) is 2.73. The second-order valence-corrected chi connectivity index (χ2v) is 4.46. The number of hydrogen-bond donors (Lipinski definition) is 0. The molecule has 0 N–H and O–H groups in total. The van der Waals surface area contributed by atoms with E-state index in [1.807, 2.05) is 45.2 Å². The van der Waals surface area contributed by atoms with E-state index in [0.717, 1.165) is 5.69 Å². The van der Waals surface area contributed by atoms with E-state index in [1.54, 1.807) is 24.0 Å². The first-order valence-corrected chi connectivity index (χ1v) is 6.05. The van der Waals surface area contributed by atoms with Gasteiger partial charge in [-0.1, -0.05) is 24.6 Å². The Morgan fingerprint density at radius 1 is 1.17 bits per heavy atom. The number of benzene rings is 1. The molecule has 4 nitrogen and oxygen atoms in total. The molecule has 0 saturated heterocycles. The van der Waals surface area contributed by atoms with Crippen molar-refractivity contribution in [2.24, 2.45) is 5.10 Å². The van der Waals surface area contributed by atoms with Crippen molar-refractivity contribution in [3.05, 3.63) is 29.8 Å². The molecule has 1 aromatic rings. The lowest BCUT2D eigenvalue weighted by atomic mass is 10.2. The van der Waals surface area contributed by atoms with Gasteiger partial charge in [0.15, 0.2) is 0 Å². The van der Waals surface area contributed by atoms with Gasteiger partial charge in [0.05, 0.1) is 5.69 Å². The molecule has 0 fully saturated rings. The number of carbonyl (C=O) groups is 1. The molecule has 0 aliphatic rings. The Labute approximate surface area is 109 Å². The molecule has 0 aromatic heterocycles. The summed E-state index contributed by atoms with van der Waals surface area (Å²) in [4.78, 5) is 13.4. The number of hydrogen-bond acceptors (Lipinski definition) is 3. The van der Waals surface area contributed by atoms with Gasteiger partial charge in [0.1, 0.15) is 5.71 Å². The molecule has 0 aliphatic carbocycles. The highest BCUT2D eigenvalue weighted by molar-refractivity contribution is 6.38. The average Bonchev–Trinajstić information content (AvgIpc) is 2.35. The third-order valence-corrected chi connectivity index (χ3v) is 2.67. The van der Waals surface area contributed by atoms with Crippen LogP contribution in [0, 0.1) is 6.92 Å². The van der Waals surface area contributed by atoms with Gasteiger partial charge >= 0.3 is 0 Å². The predicted octanol–water partition coefficient (Wildman–Crippen LogP) is 2.29. The maximum atomic E-state index is 11.9. The van der Waals surface area contributed by atoms with Crippen LogP contribution in [0.3, 0.4) is 0 Å². The van der Waals surface area contributed by atoms with E-state index in [4.69, 9.17) is 0 Å². The first-order valence-electron chi connectivity index (χ1n) is 6.05. The topological polar surface area (TPSA) is 35.9 Å². The van der Waals surface area contributed by atoms with Crippen molar-refractivity contribution in [1.82, 2.24) is 4.90 Å². The molecule has 0 unspecified atom stereocenters. The molecule has 0 spiro atoms. The first kappa shape index (κ1) is 14.2. The van der Waals surface area contributed by atoms with Gasteiger partial charge in [-0.3, -0.25) is 9.80 Å². The highest BCUT2D eigenvalue weighted by Crippen LogP contribution is 2.14. The van der Waals surface area contributed by atoms with Crippen LogP contribution < -0.4 is 5.01 Å². The third kappa shape index (κ3) is 3.58. The molecule has 0 heterocycles. The van der Waals surface area contributed by atoms with Gasteiger partial charge in [-0.2, -0.15) is 5.10 Å². The molecule has 1 amide bonds.